The fraction of sp³-hybridized carbons (Fsp3) is 0.350. The van der Waals surface area contributed by atoms with Gasteiger partial charge in [-0.2, -0.15) is 5.10 Å². The summed E-state index contributed by atoms with van der Waals surface area (Å²) in [5.74, 6) is 2.01. The number of nitrogens with zero attached hydrogens (tertiary/aromatic N) is 5. The van der Waals surface area contributed by atoms with Crippen LogP contribution in [-0.4, -0.2) is 44.8 Å². The molecule has 0 aromatic carbocycles. The number of methoxy groups -OCH3 is 1. The Bertz CT molecular complexity index is 866. The van der Waals surface area contributed by atoms with E-state index in [9.17, 15) is 0 Å². The van der Waals surface area contributed by atoms with Crippen LogP contribution in [0.5, 0.6) is 5.88 Å². The van der Waals surface area contributed by atoms with Crippen LogP contribution in [0.15, 0.2) is 55.0 Å². The van der Waals surface area contributed by atoms with Crippen LogP contribution < -0.4 is 10.1 Å². The van der Waals surface area contributed by atoms with Crippen molar-refractivity contribution in [1.82, 2.24) is 24.6 Å². The highest BCUT2D eigenvalue weighted by Gasteiger charge is 2.23. The second kappa shape index (κ2) is 8.18. The van der Waals surface area contributed by atoms with Crippen LogP contribution in [0, 0.1) is 5.92 Å². The van der Waals surface area contributed by atoms with E-state index in [1.165, 1.54) is 5.69 Å². The molecule has 7 nitrogen and oxygen atoms in total. The lowest BCUT2D eigenvalue weighted by atomic mass is 10.1. The Balaban J connectivity index is 1.49. The lowest BCUT2D eigenvalue weighted by molar-refractivity contribution is 0.222. The number of anilines is 1. The molecule has 0 spiro atoms. The molecule has 7 heteroatoms. The number of rotatable bonds is 6. The molecule has 140 valence electrons. The second-order valence-electron chi connectivity index (χ2n) is 6.81. The molecule has 0 unspecified atom stereocenters. The summed E-state index contributed by atoms with van der Waals surface area (Å²) in [7, 11) is 1.67. The lowest BCUT2D eigenvalue weighted by Gasteiger charge is -2.24. The monoisotopic (exact) mass is 364 g/mol. The van der Waals surface area contributed by atoms with Gasteiger partial charge in [0.15, 0.2) is 0 Å². The summed E-state index contributed by atoms with van der Waals surface area (Å²) in [5.41, 5.74) is 2.34. The van der Waals surface area contributed by atoms with Crippen molar-refractivity contribution in [3.05, 3.63) is 66.2 Å². The van der Waals surface area contributed by atoms with E-state index < -0.39 is 0 Å². The maximum atomic E-state index is 5.43. The SMILES string of the molecule is COc1ncccc1CN1Cc2ccnn2C[C@H](CNc2ccccn2)C1. The van der Waals surface area contributed by atoms with Gasteiger partial charge in [-0.25, -0.2) is 9.97 Å². The van der Waals surface area contributed by atoms with Gasteiger partial charge in [-0.1, -0.05) is 12.1 Å². The van der Waals surface area contributed by atoms with Crippen LogP contribution in [0.3, 0.4) is 0 Å². The van der Waals surface area contributed by atoms with Gasteiger partial charge in [0.1, 0.15) is 5.82 Å². The summed E-state index contributed by atoms with van der Waals surface area (Å²) in [6.45, 7) is 4.35. The average Bonchev–Trinajstić information content (AvgIpc) is 3.06. The maximum Gasteiger partial charge on any atom is 0.217 e. The largest absolute Gasteiger partial charge is 0.481 e. The summed E-state index contributed by atoms with van der Waals surface area (Å²) in [6, 6.07) is 12.1. The maximum absolute atomic E-state index is 5.43. The van der Waals surface area contributed by atoms with Crippen LogP contribution in [0.25, 0.3) is 0 Å². The number of hydrogen-bond donors (Lipinski definition) is 1. The number of pyridine rings is 2. The van der Waals surface area contributed by atoms with Gasteiger partial charge in [0.2, 0.25) is 5.88 Å². The van der Waals surface area contributed by atoms with Gasteiger partial charge in [0.25, 0.3) is 0 Å². The zero-order chi connectivity index (χ0) is 18.5. The first kappa shape index (κ1) is 17.5. The fourth-order valence-electron chi connectivity index (χ4n) is 3.55. The van der Waals surface area contributed by atoms with Crippen molar-refractivity contribution in [3.8, 4) is 5.88 Å². The Morgan fingerprint density at radius 2 is 2.00 bits per heavy atom. The molecule has 0 saturated heterocycles. The summed E-state index contributed by atoms with van der Waals surface area (Å²) >= 11 is 0. The van der Waals surface area contributed by atoms with Crippen molar-refractivity contribution in [3.63, 3.8) is 0 Å². The fourth-order valence-corrected chi connectivity index (χ4v) is 3.55. The van der Waals surface area contributed by atoms with E-state index in [0.717, 1.165) is 44.1 Å². The summed E-state index contributed by atoms with van der Waals surface area (Å²) in [6.07, 6.45) is 5.45. The molecular weight excluding hydrogens is 340 g/mol. The Morgan fingerprint density at radius 1 is 1.07 bits per heavy atom. The Kier molecular flexibility index (Phi) is 5.29. The first-order chi connectivity index (χ1) is 13.3. The number of hydrogen-bond acceptors (Lipinski definition) is 6. The molecule has 0 radical (unpaired) electrons. The Hall–Kier alpha value is -2.93. The number of ether oxygens (including phenoxy) is 1. The van der Waals surface area contributed by atoms with Gasteiger partial charge in [-0.05, 0) is 24.3 Å². The van der Waals surface area contributed by atoms with E-state index in [4.69, 9.17) is 4.74 Å². The summed E-state index contributed by atoms with van der Waals surface area (Å²) in [5, 5.41) is 7.96. The number of aromatic nitrogens is 4. The first-order valence-electron chi connectivity index (χ1n) is 9.17. The van der Waals surface area contributed by atoms with Gasteiger partial charge in [0, 0.05) is 62.8 Å². The highest BCUT2D eigenvalue weighted by atomic mass is 16.5. The minimum absolute atomic E-state index is 0.413. The van der Waals surface area contributed by atoms with Crippen molar-refractivity contribution < 1.29 is 4.74 Å². The summed E-state index contributed by atoms with van der Waals surface area (Å²) < 4.78 is 7.55. The number of fused-ring (bicyclic) bond motifs is 1. The van der Waals surface area contributed by atoms with Gasteiger partial charge >= 0.3 is 0 Å². The molecule has 0 bridgehead atoms. The van der Waals surface area contributed by atoms with Gasteiger partial charge in [0.05, 0.1) is 12.8 Å². The van der Waals surface area contributed by atoms with Crippen molar-refractivity contribution in [2.45, 2.75) is 19.6 Å². The van der Waals surface area contributed by atoms with Crippen LogP contribution in [0.2, 0.25) is 0 Å². The molecule has 3 aromatic rings. The third kappa shape index (κ3) is 4.25. The third-order valence-corrected chi connectivity index (χ3v) is 4.81. The van der Waals surface area contributed by atoms with Crippen molar-refractivity contribution >= 4 is 5.82 Å². The molecule has 1 aliphatic heterocycles. The highest BCUT2D eigenvalue weighted by molar-refractivity contribution is 5.33. The molecular formula is C20H24N6O. The molecule has 4 rings (SSSR count). The zero-order valence-corrected chi connectivity index (χ0v) is 15.5. The second-order valence-corrected chi connectivity index (χ2v) is 6.81. The number of nitrogens with one attached hydrogen (secondary N) is 1. The first-order valence-corrected chi connectivity index (χ1v) is 9.17. The predicted octanol–water partition coefficient (Wildman–Crippen LogP) is 2.43. The molecule has 1 aliphatic rings. The van der Waals surface area contributed by atoms with Gasteiger partial charge in [-0.3, -0.25) is 9.58 Å². The van der Waals surface area contributed by atoms with Crippen molar-refractivity contribution in [2.24, 2.45) is 5.92 Å². The van der Waals surface area contributed by atoms with Crippen molar-refractivity contribution in [2.75, 3.05) is 25.5 Å². The minimum atomic E-state index is 0.413. The van der Waals surface area contributed by atoms with Gasteiger partial charge < -0.3 is 10.1 Å². The lowest BCUT2D eigenvalue weighted by Crippen LogP contribution is -2.31. The predicted molar refractivity (Wildman–Crippen MR) is 103 cm³/mol. The Labute approximate surface area is 159 Å². The van der Waals surface area contributed by atoms with Crippen LogP contribution in [-0.2, 0) is 19.6 Å². The van der Waals surface area contributed by atoms with E-state index in [1.54, 1.807) is 13.3 Å². The van der Waals surface area contributed by atoms with E-state index >= 15 is 0 Å². The third-order valence-electron chi connectivity index (χ3n) is 4.81. The van der Waals surface area contributed by atoms with E-state index in [2.05, 4.69) is 42.1 Å². The smallest absolute Gasteiger partial charge is 0.217 e. The average molecular weight is 364 g/mol. The van der Waals surface area contributed by atoms with Crippen LogP contribution in [0.4, 0.5) is 5.82 Å². The minimum Gasteiger partial charge on any atom is -0.481 e. The molecule has 1 atom stereocenters. The molecule has 3 aromatic heterocycles. The normalized spacial score (nSPS) is 17.1. The molecule has 0 aliphatic carbocycles. The zero-order valence-electron chi connectivity index (χ0n) is 15.5. The Morgan fingerprint density at radius 3 is 2.85 bits per heavy atom. The molecule has 0 amide bonds. The standard InChI is InChI=1S/C20H24N6O/c1-27-20-17(5-4-9-22-20)14-25-12-16(11-23-19-6-2-3-8-21-19)13-26-18(15-25)7-10-24-26/h2-10,16H,11-15H2,1H3,(H,21,23)/t16-/m1/s1. The molecule has 0 fully saturated rings. The van der Waals surface area contributed by atoms with E-state index in [0.29, 0.717) is 11.8 Å². The van der Waals surface area contributed by atoms with E-state index in [1.807, 2.05) is 36.7 Å². The summed E-state index contributed by atoms with van der Waals surface area (Å²) in [4.78, 5) is 11.1. The quantitative estimate of drug-likeness (QED) is 0.725. The molecule has 1 N–H and O–H groups in total. The van der Waals surface area contributed by atoms with Gasteiger partial charge in [-0.15, -0.1) is 0 Å². The molecule has 0 saturated carbocycles. The molecule has 27 heavy (non-hydrogen) atoms. The topological polar surface area (TPSA) is 68.1 Å². The molecule has 4 heterocycles. The van der Waals surface area contributed by atoms with E-state index in [-0.39, 0.29) is 0 Å². The van der Waals surface area contributed by atoms with Crippen LogP contribution in [0.1, 0.15) is 11.3 Å². The highest BCUT2D eigenvalue weighted by Crippen LogP contribution is 2.22. The van der Waals surface area contributed by atoms with Crippen molar-refractivity contribution in [1.29, 1.82) is 0 Å². The van der Waals surface area contributed by atoms with Crippen LogP contribution >= 0.6 is 0 Å².